The van der Waals surface area contributed by atoms with E-state index in [2.05, 4.69) is 21.5 Å². The fourth-order valence-corrected chi connectivity index (χ4v) is 3.45. The van der Waals surface area contributed by atoms with Crippen molar-refractivity contribution in [3.05, 3.63) is 41.6 Å². The van der Waals surface area contributed by atoms with Gasteiger partial charge in [0.1, 0.15) is 5.82 Å². The van der Waals surface area contributed by atoms with Crippen molar-refractivity contribution in [1.29, 1.82) is 0 Å². The highest BCUT2D eigenvalue weighted by Gasteiger charge is 2.39. The van der Waals surface area contributed by atoms with Gasteiger partial charge in [-0.3, -0.25) is 4.79 Å². The molecular weight excluding hydrogens is 326 g/mol. The minimum absolute atomic E-state index is 0.0332. The van der Waals surface area contributed by atoms with E-state index in [-0.39, 0.29) is 5.91 Å². The van der Waals surface area contributed by atoms with E-state index < -0.39 is 5.66 Å². The molecule has 1 N–H and O–H groups in total. The summed E-state index contributed by atoms with van der Waals surface area (Å²) in [5, 5.41) is 16.0. The van der Waals surface area contributed by atoms with E-state index in [0.29, 0.717) is 25.7 Å². The zero-order valence-corrected chi connectivity index (χ0v) is 14.6. The summed E-state index contributed by atoms with van der Waals surface area (Å²) in [4.78, 5) is 12.6. The Labute approximate surface area is 152 Å². The number of aromatic nitrogens is 2. The largest absolute Gasteiger partial charge is 0.310 e. The van der Waals surface area contributed by atoms with E-state index in [1.807, 2.05) is 35.0 Å². The number of hydrogen-bond acceptors (Lipinski definition) is 4. The maximum atomic E-state index is 12.6. The lowest BCUT2D eigenvalue weighted by Crippen LogP contribution is -2.19. The third-order valence-corrected chi connectivity index (χ3v) is 4.97. The number of para-hydroxylation sites is 1. The summed E-state index contributed by atoms with van der Waals surface area (Å²) in [6.45, 7) is 0. The van der Waals surface area contributed by atoms with E-state index in [4.69, 9.17) is 11.5 Å². The summed E-state index contributed by atoms with van der Waals surface area (Å²) in [5.41, 5.74) is 2.77. The third kappa shape index (κ3) is 3.25. The molecule has 0 unspecified atom stereocenters. The second-order valence-electron chi connectivity index (χ2n) is 6.81. The fourth-order valence-electron chi connectivity index (χ4n) is 3.45. The van der Waals surface area contributed by atoms with E-state index in [0.717, 1.165) is 42.0 Å². The standard InChI is InChI=1S/C20H21N5O/c1-2-3-13-20(23-24-20)14-12-18(26)21-19-16-10-7-11-17(16)22-25(19)15-8-5-4-6-9-15/h1,4-6,8-9H,3,7,10-14H2,(H,21,26). The zero-order chi connectivity index (χ0) is 18.0. The minimum atomic E-state index is -0.425. The normalized spacial score (nSPS) is 16.1. The Bertz CT molecular complexity index is 885. The number of nitrogens with one attached hydrogen (secondary N) is 1. The number of benzene rings is 1. The van der Waals surface area contributed by atoms with Crippen LogP contribution in [-0.4, -0.2) is 21.4 Å². The summed E-state index contributed by atoms with van der Waals surface area (Å²) < 4.78 is 1.85. The molecule has 2 aromatic rings. The van der Waals surface area contributed by atoms with Crippen LogP contribution in [0.2, 0.25) is 0 Å². The highest BCUT2D eigenvalue weighted by atomic mass is 16.1. The lowest BCUT2D eigenvalue weighted by atomic mass is 10.0. The lowest BCUT2D eigenvalue weighted by molar-refractivity contribution is -0.116. The molecule has 1 aliphatic carbocycles. The van der Waals surface area contributed by atoms with Gasteiger partial charge in [0.25, 0.3) is 0 Å². The lowest BCUT2D eigenvalue weighted by Gasteiger charge is -2.12. The topological polar surface area (TPSA) is 71.6 Å². The Kier molecular flexibility index (Phi) is 4.29. The number of fused-ring (bicyclic) bond motifs is 1. The smallest absolute Gasteiger partial charge is 0.225 e. The van der Waals surface area contributed by atoms with Crippen LogP contribution in [0.5, 0.6) is 0 Å². The van der Waals surface area contributed by atoms with Crippen LogP contribution in [0, 0.1) is 12.3 Å². The van der Waals surface area contributed by atoms with Crippen LogP contribution < -0.4 is 5.32 Å². The van der Waals surface area contributed by atoms with Gasteiger partial charge in [-0.05, 0) is 31.4 Å². The molecule has 2 heterocycles. The fraction of sp³-hybridized carbons (Fsp3) is 0.400. The first-order valence-corrected chi connectivity index (χ1v) is 9.04. The quantitative estimate of drug-likeness (QED) is 0.777. The molecule has 0 spiro atoms. The van der Waals surface area contributed by atoms with E-state index in [1.165, 1.54) is 0 Å². The van der Waals surface area contributed by atoms with Crippen molar-refractivity contribution < 1.29 is 4.79 Å². The van der Waals surface area contributed by atoms with Gasteiger partial charge in [-0.1, -0.05) is 18.2 Å². The van der Waals surface area contributed by atoms with Gasteiger partial charge in [0.2, 0.25) is 5.91 Å². The van der Waals surface area contributed by atoms with Crippen molar-refractivity contribution in [2.24, 2.45) is 10.2 Å². The van der Waals surface area contributed by atoms with E-state index in [9.17, 15) is 4.79 Å². The molecule has 4 rings (SSSR count). The molecule has 1 amide bonds. The second kappa shape index (κ2) is 6.75. The van der Waals surface area contributed by atoms with Crippen LogP contribution in [0.1, 0.15) is 43.4 Å². The van der Waals surface area contributed by atoms with Gasteiger partial charge >= 0.3 is 0 Å². The van der Waals surface area contributed by atoms with Crippen molar-refractivity contribution in [3.63, 3.8) is 0 Å². The highest BCUT2D eigenvalue weighted by Crippen LogP contribution is 2.38. The first-order chi connectivity index (χ1) is 12.7. The van der Waals surface area contributed by atoms with Gasteiger partial charge in [-0.15, -0.1) is 12.3 Å². The molecular formula is C20H21N5O. The number of amides is 1. The van der Waals surface area contributed by atoms with Crippen molar-refractivity contribution in [3.8, 4) is 18.0 Å². The summed E-state index contributed by atoms with van der Waals surface area (Å²) in [7, 11) is 0. The molecule has 2 aliphatic rings. The molecule has 26 heavy (non-hydrogen) atoms. The first-order valence-electron chi connectivity index (χ1n) is 9.04. The number of hydrogen-bond donors (Lipinski definition) is 1. The molecule has 0 bridgehead atoms. The summed E-state index contributed by atoms with van der Waals surface area (Å²) in [5.74, 6) is 3.38. The van der Waals surface area contributed by atoms with Crippen LogP contribution in [0.25, 0.3) is 5.69 Å². The van der Waals surface area contributed by atoms with Gasteiger partial charge in [0, 0.05) is 31.2 Å². The molecule has 0 saturated carbocycles. The molecule has 6 heteroatoms. The Balaban J connectivity index is 1.48. The first kappa shape index (κ1) is 16.5. The maximum absolute atomic E-state index is 12.6. The summed E-state index contributed by atoms with van der Waals surface area (Å²) in [6, 6.07) is 9.90. The third-order valence-electron chi connectivity index (χ3n) is 4.97. The van der Waals surface area contributed by atoms with Gasteiger partial charge in [-0.2, -0.15) is 15.3 Å². The second-order valence-corrected chi connectivity index (χ2v) is 6.81. The Morgan fingerprint density at radius 1 is 1.23 bits per heavy atom. The van der Waals surface area contributed by atoms with Crippen molar-refractivity contribution in [2.45, 2.75) is 50.6 Å². The Morgan fingerprint density at radius 2 is 2.04 bits per heavy atom. The van der Waals surface area contributed by atoms with Gasteiger partial charge in [0.05, 0.1) is 11.4 Å². The van der Waals surface area contributed by atoms with Gasteiger partial charge < -0.3 is 5.32 Å². The van der Waals surface area contributed by atoms with Gasteiger partial charge in [0.15, 0.2) is 5.66 Å². The molecule has 6 nitrogen and oxygen atoms in total. The number of carbonyl (C=O) groups is 1. The van der Waals surface area contributed by atoms with Gasteiger partial charge in [-0.25, -0.2) is 4.68 Å². The number of terminal acetylenes is 1. The van der Waals surface area contributed by atoms with Crippen molar-refractivity contribution >= 4 is 11.7 Å². The number of carbonyl (C=O) groups excluding carboxylic acids is 1. The Hall–Kier alpha value is -2.94. The van der Waals surface area contributed by atoms with Crippen LogP contribution in [0.15, 0.2) is 40.6 Å². The molecule has 1 aromatic carbocycles. The monoisotopic (exact) mass is 347 g/mol. The molecule has 0 fully saturated rings. The molecule has 0 atom stereocenters. The number of aryl methyl sites for hydroxylation is 1. The average Bonchev–Trinajstić information content (AvgIpc) is 3.14. The minimum Gasteiger partial charge on any atom is -0.310 e. The van der Waals surface area contributed by atoms with Crippen LogP contribution in [0.3, 0.4) is 0 Å². The van der Waals surface area contributed by atoms with E-state index in [1.54, 1.807) is 0 Å². The summed E-state index contributed by atoms with van der Waals surface area (Å²) >= 11 is 0. The van der Waals surface area contributed by atoms with Crippen molar-refractivity contribution in [1.82, 2.24) is 9.78 Å². The van der Waals surface area contributed by atoms with Crippen LogP contribution >= 0.6 is 0 Å². The predicted octanol–water partition coefficient (Wildman–Crippen LogP) is 3.66. The predicted molar refractivity (Wildman–Crippen MR) is 99.1 cm³/mol. The highest BCUT2D eigenvalue weighted by molar-refractivity contribution is 5.91. The molecule has 0 radical (unpaired) electrons. The number of rotatable bonds is 7. The molecule has 132 valence electrons. The maximum Gasteiger partial charge on any atom is 0.225 e. The van der Waals surface area contributed by atoms with Crippen LogP contribution in [-0.2, 0) is 17.6 Å². The number of nitrogens with zero attached hydrogens (tertiary/aromatic N) is 4. The SMILES string of the molecule is C#CCCC1(CCC(=O)Nc2c3c(nn2-c2ccccc2)CCC3)N=N1. The average molecular weight is 347 g/mol. The summed E-state index contributed by atoms with van der Waals surface area (Å²) in [6.07, 6.45) is 10.6. The number of anilines is 1. The van der Waals surface area contributed by atoms with E-state index >= 15 is 0 Å². The zero-order valence-electron chi connectivity index (χ0n) is 14.6. The molecule has 1 aromatic heterocycles. The Morgan fingerprint density at radius 3 is 2.77 bits per heavy atom. The molecule has 0 saturated heterocycles. The van der Waals surface area contributed by atoms with Crippen LogP contribution in [0.4, 0.5) is 5.82 Å². The van der Waals surface area contributed by atoms with Crippen molar-refractivity contribution in [2.75, 3.05) is 5.32 Å². The molecule has 1 aliphatic heterocycles.